The minimum Gasteiger partial charge on any atom is -0.465 e. The summed E-state index contributed by atoms with van der Waals surface area (Å²) in [4.78, 5) is 15.9. The number of nitrogens with one attached hydrogen (secondary N) is 1. The maximum Gasteiger partial charge on any atom is 0.351 e. The van der Waals surface area contributed by atoms with E-state index >= 15 is 0 Å². The molecular formula is C13H16ClN5O2S. The molecule has 1 aliphatic rings. The van der Waals surface area contributed by atoms with Gasteiger partial charge in [-0.25, -0.2) is 9.78 Å². The van der Waals surface area contributed by atoms with Gasteiger partial charge in [0.15, 0.2) is 21.0 Å². The zero-order chi connectivity index (χ0) is 15.5. The van der Waals surface area contributed by atoms with Gasteiger partial charge in [-0.1, -0.05) is 29.4 Å². The molecule has 0 spiro atoms. The van der Waals surface area contributed by atoms with Gasteiger partial charge in [0, 0.05) is 13.0 Å². The number of fused-ring (bicyclic) bond motifs is 1. The molecule has 0 bridgehead atoms. The largest absolute Gasteiger partial charge is 0.465 e. The number of nitrogens with zero attached hydrogens (tertiary/aromatic N) is 4. The molecule has 0 aromatic carbocycles. The van der Waals surface area contributed by atoms with Crippen LogP contribution >= 0.6 is 22.9 Å². The first-order valence-electron chi connectivity index (χ1n) is 7.08. The van der Waals surface area contributed by atoms with E-state index in [1.165, 1.54) is 24.9 Å². The monoisotopic (exact) mass is 341 g/mol. The Balaban J connectivity index is 1.71. The van der Waals surface area contributed by atoms with Crippen molar-refractivity contribution in [1.82, 2.24) is 19.7 Å². The van der Waals surface area contributed by atoms with Gasteiger partial charge < -0.3 is 14.6 Å². The number of thiazole rings is 1. The van der Waals surface area contributed by atoms with Gasteiger partial charge in [0.25, 0.3) is 0 Å². The number of hydrogen-bond donors (Lipinski definition) is 1. The predicted molar refractivity (Wildman–Crippen MR) is 83.4 cm³/mol. The van der Waals surface area contributed by atoms with Crippen LogP contribution < -0.4 is 5.32 Å². The molecule has 0 saturated carbocycles. The van der Waals surface area contributed by atoms with Crippen LogP contribution in [0.4, 0.5) is 5.13 Å². The molecule has 1 N–H and O–H groups in total. The molecule has 0 fully saturated rings. The topological polar surface area (TPSA) is 81.9 Å². The Bertz CT molecular complexity index is 684. The highest BCUT2D eigenvalue weighted by atomic mass is 35.5. The van der Waals surface area contributed by atoms with E-state index in [4.69, 9.17) is 11.6 Å². The number of halogens is 1. The van der Waals surface area contributed by atoms with Gasteiger partial charge >= 0.3 is 5.97 Å². The number of carbonyl (C=O) groups is 1. The van der Waals surface area contributed by atoms with E-state index in [-0.39, 0.29) is 5.15 Å². The van der Waals surface area contributed by atoms with Crippen LogP contribution in [-0.4, -0.2) is 32.8 Å². The Morgan fingerprint density at radius 2 is 2.27 bits per heavy atom. The van der Waals surface area contributed by atoms with Crippen LogP contribution in [0.2, 0.25) is 5.15 Å². The summed E-state index contributed by atoms with van der Waals surface area (Å²) in [6.07, 6.45) is 4.51. The molecule has 2 aromatic rings. The lowest BCUT2D eigenvalue weighted by atomic mass is 10.2. The Hall–Kier alpha value is -1.67. The van der Waals surface area contributed by atoms with Gasteiger partial charge in [-0.05, 0) is 12.8 Å². The van der Waals surface area contributed by atoms with E-state index in [9.17, 15) is 4.79 Å². The Kier molecular flexibility index (Phi) is 4.58. The minimum atomic E-state index is -0.480. The van der Waals surface area contributed by atoms with Crippen LogP contribution in [0.15, 0.2) is 0 Å². The third-order valence-corrected chi connectivity index (χ3v) is 4.92. The van der Waals surface area contributed by atoms with E-state index < -0.39 is 5.97 Å². The maximum absolute atomic E-state index is 11.5. The lowest BCUT2D eigenvalue weighted by molar-refractivity contribution is 0.0606. The normalized spacial score (nSPS) is 14.3. The molecule has 22 heavy (non-hydrogen) atoms. The number of aryl methyl sites for hydroxylation is 1. The van der Waals surface area contributed by atoms with Crippen LogP contribution in [0.3, 0.4) is 0 Å². The van der Waals surface area contributed by atoms with Crippen molar-refractivity contribution in [3.05, 3.63) is 21.7 Å². The molecule has 3 rings (SSSR count). The molecule has 0 atom stereocenters. The van der Waals surface area contributed by atoms with E-state index in [0.717, 1.165) is 37.5 Å². The first-order valence-corrected chi connectivity index (χ1v) is 8.28. The molecule has 0 saturated heterocycles. The number of carbonyl (C=O) groups excluding carboxylic acids is 1. The zero-order valence-corrected chi connectivity index (χ0v) is 13.7. The second-order valence-corrected chi connectivity index (χ2v) is 6.34. The van der Waals surface area contributed by atoms with Crippen LogP contribution in [0, 0.1) is 0 Å². The number of hydrogen-bond acceptors (Lipinski definition) is 7. The van der Waals surface area contributed by atoms with Gasteiger partial charge in [-0.15, -0.1) is 10.2 Å². The number of rotatable bonds is 4. The van der Waals surface area contributed by atoms with Crippen molar-refractivity contribution in [2.75, 3.05) is 12.4 Å². The van der Waals surface area contributed by atoms with Crippen molar-refractivity contribution in [2.45, 2.75) is 38.8 Å². The maximum atomic E-state index is 11.5. The Labute approximate surface area is 136 Å². The molecule has 0 amide bonds. The van der Waals surface area contributed by atoms with E-state index in [0.29, 0.717) is 16.6 Å². The lowest BCUT2D eigenvalue weighted by Crippen LogP contribution is -2.10. The fourth-order valence-electron chi connectivity index (χ4n) is 2.43. The number of ether oxygens (including phenoxy) is 1. The molecule has 7 nitrogen and oxygen atoms in total. The molecule has 118 valence electrons. The van der Waals surface area contributed by atoms with E-state index in [1.807, 2.05) is 0 Å². The summed E-state index contributed by atoms with van der Waals surface area (Å²) in [5, 5.41) is 12.4. The van der Waals surface area contributed by atoms with Crippen molar-refractivity contribution in [2.24, 2.45) is 0 Å². The quantitative estimate of drug-likeness (QED) is 0.860. The molecule has 0 radical (unpaired) electrons. The third-order valence-electron chi connectivity index (χ3n) is 3.54. The van der Waals surface area contributed by atoms with Gasteiger partial charge in [-0.3, -0.25) is 0 Å². The lowest BCUT2D eigenvalue weighted by Gasteiger charge is -2.07. The first-order chi connectivity index (χ1) is 10.7. The highest BCUT2D eigenvalue weighted by molar-refractivity contribution is 7.18. The van der Waals surface area contributed by atoms with Gasteiger partial charge in [-0.2, -0.15) is 0 Å². The number of methoxy groups -OCH3 is 1. The summed E-state index contributed by atoms with van der Waals surface area (Å²) in [6, 6.07) is 0. The number of aromatic nitrogens is 4. The SMILES string of the molecule is COC(=O)c1sc(NCc2nnc3n2CCCCC3)nc1Cl. The van der Waals surface area contributed by atoms with E-state index in [2.05, 4.69) is 29.8 Å². The van der Waals surface area contributed by atoms with Gasteiger partial charge in [0.1, 0.15) is 5.82 Å². The van der Waals surface area contributed by atoms with Crippen LogP contribution in [0.5, 0.6) is 0 Å². The van der Waals surface area contributed by atoms with Crippen LogP contribution in [-0.2, 0) is 24.2 Å². The third kappa shape index (κ3) is 3.07. The highest BCUT2D eigenvalue weighted by Gasteiger charge is 2.18. The van der Waals surface area contributed by atoms with Crippen molar-refractivity contribution in [3.63, 3.8) is 0 Å². The second-order valence-electron chi connectivity index (χ2n) is 4.98. The zero-order valence-electron chi connectivity index (χ0n) is 12.1. The summed E-state index contributed by atoms with van der Waals surface area (Å²) >= 11 is 7.11. The summed E-state index contributed by atoms with van der Waals surface area (Å²) in [5.41, 5.74) is 0. The average molecular weight is 342 g/mol. The molecule has 0 unspecified atom stereocenters. The second kappa shape index (κ2) is 6.62. The Morgan fingerprint density at radius 1 is 1.41 bits per heavy atom. The Morgan fingerprint density at radius 3 is 3.09 bits per heavy atom. The standard InChI is InChI=1S/C13H16ClN5O2S/c1-21-12(20)10-11(14)16-13(22-10)15-7-9-18-17-8-5-3-2-4-6-19(8)9/h2-7H2,1H3,(H,15,16). The summed E-state index contributed by atoms with van der Waals surface area (Å²) in [6.45, 7) is 1.45. The summed E-state index contributed by atoms with van der Waals surface area (Å²) < 4.78 is 6.83. The number of esters is 1. The highest BCUT2D eigenvalue weighted by Crippen LogP contribution is 2.27. The smallest absolute Gasteiger partial charge is 0.351 e. The van der Waals surface area contributed by atoms with Crippen LogP contribution in [0.1, 0.15) is 40.6 Å². The fourth-order valence-corrected chi connectivity index (χ4v) is 3.53. The molecule has 1 aliphatic heterocycles. The van der Waals surface area contributed by atoms with Gasteiger partial charge in [0.2, 0.25) is 0 Å². The van der Waals surface area contributed by atoms with Crippen molar-refractivity contribution in [1.29, 1.82) is 0 Å². The summed E-state index contributed by atoms with van der Waals surface area (Å²) in [5.74, 6) is 1.44. The molecule has 0 aliphatic carbocycles. The fraction of sp³-hybridized carbons (Fsp3) is 0.538. The minimum absolute atomic E-state index is 0.152. The summed E-state index contributed by atoms with van der Waals surface area (Å²) in [7, 11) is 1.32. The van der Waals surface area contributed by atoms with Crippen molar-refractivity contribution < 1.29 is 9.53 Å². The van der Waals surface area contributed by atoms with Crippen LogP contribution in [0.25, 0.3) is 0 Å². The van der Waals surface area contributed by atoms with Gasteiger partial charge in [0.05, 0.1) is 13.7 Å². The average Bonchev–Trinajstić information content (AvgIpc) is 2.99. The van der Waals surface area contributed by atoms with E-state index in [1.54, 1.807) is 0 Å². The molecule has 2 aromatic heterocycles. The van der Waals surface area contributed by atoms with Crippen molar-refractivity contribution >= 4 is 34.0 Å². The molecule has 9 heteroatoms. The first kappa shape index (κ1) is 15.2. The van der Waals surface area contributed by atoms with Crippen molar-refractivity contribution in [3.8, 4) is 0 Å². The number of anilines is 1. The molecular weight excluding hydrogens is 326 g/mol. The predicted octanol–water partition coefficient (Wildman–Crippen LogP) is 2.51. The molecule has 3 heterocycles.